The molecule has 74 valence electrons. The molecule has 0 rings (SSSR count). The molecule has 0 fully saturated rings. The van der Waals surface area contributed by atoms with Gasteiger partial charge in [0, 0.05) is 17.1 Å². The first kappa shape index (κ1) is 39.3. The van der Waals surface area contributed by atoms with Gasteiger partial charge in [-0.05, 0) is 0 Å². The summed E-state index contributed by atoms with van der Waals surface area (Å²) < 4.78 is 29.2. The molecule has 0 saturated heterocycles. The third-order valence-corrected chi connectivity index (χ3v) is 0. The number of hydrogen-bond donors (Lipinski definition) is 0. The van der Waals surface area contributed by atoms with Crippen molar-refractivity contribution in [3.05, 3.63) is 0 Å². The predicted molar refractivity (Wildman–Crippen MR) is 33.0 cm³/mol. The van der Waals surface area contributed by atoms with E-state index < -0.39 is 8.85 Å². The molecule has 0 aromatic heterocycles. The number of halogens is 3. The Morgan fingerprint density at radius 3 is 0.615 bits per heavy atom. The fourth-order valence-corrected chi connectivity index (χ4v) is 0. The molecule has 0 unspecified atom stereocenters. The molecule has 0 aliphatic carbocycles. The number of hydrogen-bond acceptors (Lipinski definition) is 4. The first-order valence-corrected chi connectivity index (χ1v) is 2.34. The summed E-state index contributed by atoms with van der Waals surface area (Å²) in [5.74, 6) is 0. The Bertz CT molecular complexity index is 53.9. The van der Waals surface area contributed by atoms with E-state index in [4.69, 9.17) is 19.2 Å². The molecule has 0 aliphatic heterocycles. The van der Waals surface area contributed by atoms with Crippen molar-refractivity contribution in [3.8, 4) is 0 Å². The summed E-state index contributed by atoms with van der Waals surface area (Å²) in [5, 5.41) is 0. The van der Waals surface area contributed by atoms with Crippen LogP contribution in [0, 0.1) is 0 Å². The van der Waals surface area contributed by atoms with Gasteiger partial charge in [-0.15, -0.1) is 0 Å². The second-order valence-corrected chi connectivity index (χ2v) is 0.575. The van der Waals surface area contributed by atoms with E-state index in [1.54, 1.807) is 0 Å². The standard InChI is InChI=1S/4CO.F3P.Fe/c4*1-2;1-4(2)3;. The van der Waals surface area contributed by atoms with Gasteiger partial charge in [0.25, 0.3) is 27.2 Å². The molecule has 0 atom stereocenters. The van der Waals surface area contributed by atoms with Crippen LogP contribution >= 0.6 is 8.85 Å². The molecule has 13 heavy (non-hydrogen) atoms. The SMILES string of the molecule is FP(F)F.[C]=O.[C]=O.[C]=O.[C]=O.[Fe]. The van der Waals surface area contributed by atoms with E-state index in [0.29, 0.717) is 0 Å². The second-order valence-electron chi connectivity index (χ2n) is 0.192. The topological polar surface area (TPSA) is 68.3 Å². The van der Waals surface area contributed by atoms with Gasteiger partial charge in [0.15, 0.2) is 0 Å². The fraction of sp³-hybridized carbons (Fsp3) is 0. The zero-order valence-electron chi connectivity index (χ0n) is 5.57. The van der Waals surface area contributed by atoms with Crippen LogP contribution in [0.5, 0.6) is 0 Å². The maximum Gasteiger partial charge on any atom is 0.456 e. The molecule has 8 radical (unpaired) electrons. The maximum absolute atomic E-state index is 9.73. The van der Waals surface area contributed by atoms with Gasteiger partial charge in [-0.1, -0.05) is 0 Å². The van der Waals surface area contributed by atoms with Gasteiger partial charge in [-0.25, -0.2) is 0 Å². The van der Waals surface area contributed by atoms with Crippen molar-refractivity contribution in [2.75, 3.05) is 0 Å². The van der Waals surface area contributed by atoms with Crippen molar-refractivity contribution in [3.63, 3.8) is 0 Å². The van der Waals surface area contributed by atoms with Crippen LogP contribution in [0.3, 0.4) is 0 Å². The minimum Gasteiger partial charge on any atom is -0.281 e. The summed E-state index contributed by atoms with van der Waals surface area (Å²) in [6, 6.07) is 0. The van der Waals surface area contributed by atoms with Crippen molar-refractivity contribution in [2.24, 2.45) is 0 Å². The molecular weight excluding hydrogens is 256 g/mol. The van der Waals surface area contributed by atoms with E-state index >= 15 is 0 Å². The molecule has 0 aromatic rings. The van der Waals surface area contributed by atoms with Crippen molar-refractivity contribution in [1.29, 1.82) is 0 Å². The third kappa shape index (κ3) is 3010. The van der Waals surface area contributed by atoms with Crippen LogP contribution in [0.1, 0.15) is 0 Å². The molecule has 0 amide bonds. The van der Waals surface area contributed by atoms with Crippen LogP contribution < -0.4 is 0 Å². The second kappa shape index (κ2) is 212. The van der Waals surface area contributed by atoms with Gasteiger partial charge in [-0.3, -0.25) is 19.2 Å². The summed E-state index contributed by atoms with van der Waals surface area (Å²) >= 11 is 0. The van der Waals surface area contributed by atoms with Crippen LogP contribution in [-0.4, -0.2) is 27.2 Å². The summed E-state index contributed by atoms with van der Waals surface area (Å²) in [7, 11) is -4.12. The number of carbonyl (C=O) groups excluding carboxylic acids is 4. The third-order valence-electron chi connectivity index (χ3n) is 0. The molecule has 0 aromatic carbocycles. The van der Waals surface area contributed by atoms with Gasteiger partial charge in [0.1, 0.15) is 0 Å². The van der Waals surface area contributed by atoms with E-state index in [2.05, 4.69) is 27.2 Å². The molecule has 9 heteroatoms. The molecule has 0 bridgehead atoms. The first-order chi connectivity index (χ1) is 5.73. The van der Waals surface area contributed by atoms with Crippen molar-refractivity contribution < 1.29 is 48.8 Å². The molecule has 0 saturated carbocycles. The zero-order chi connectivity index (χ0) is 11.6. The van der Waals surface area contributed by atoms with Crippen molar-refractivity contribution in [2.45, 2.75) is 0 Å². The smallest absolute Gasteiger partial charge is 0.281 e. The van der Waals surface area contributed by atoms with Gasteiger partial charge in [-0.2, -0.15) is 12.6 Å². The van der Waals surface area contributed by atoms with E-state index in [1.165, 1.54) is 0 Å². The normalized spacial score (nSPS) is 4.00. The fourth-order valence-electron chi connectivity index (χ4n) is 0. The van der Waals surface area contributed by atoms with E-state index in [9.17, 15) is 12.6 Å². The van der Waals surface area contributed by atoms with Crippen LogP contribution in [0.4, 0.5) is 12.6 Å². The number of rotatable bonds is 0. The van der Waals surface area contributed by atoms with E-state index in [1.807, 2.05) is 0 Å². The molecule has 4 nitrogen and oxygen atoms in total. The average Bonchev–Trinajstić information content (AvgIpc) is 2.16. The zero-order valence-corrected chi connectivity index (χ0v) is 7.57. The van der Waals surface area contributed by atoms with Crippen molar-refractivity contribution >= 4 is 36.0 Å². The van der Waals surface area contributed by atoms with Gasteiger partial charge in [0.05, 0.1) is 0 Å². The Hall–Kier alpha value is -0.581. The molecular formula is C4F3FeO4P. The maximum atomic E-state index is 9.73. The Kier molecular flexibility index (Phi) is 640. The largest absolute Gasteiger partial charge is 0.456 e. The van der Waals surface area contributed by atoms with E-state index in [-0.39, 0.29) is 17.1 Å². The summed E-state index contributed by atoms with van der Waals surface area (Å²) in [6.07, 6.45) is 0. The van der Waals surface area contributed by atoms with Gasteiger partial charge < -0.3 is 0 Å². The molecule has 0 aliphatic rings. The quantitative estimate of drug-likeness (QED) is 0.468. The minimum atomic E-state index is -4.12. The molecule has 0 N–H and O–H groups in total. The van der Waals surface area contributed by atoms with Crippen LogP contribution in [0.25, 0.3) is 0 Å². The first-order valence-electron chi connectivity index (χ1n) is 1.32. The summed E-state index contributed by atoms with van der Waals surface area (Å²) in [5.41, 5.74) is 0. The Balaban J connectivity index is -0.0000000122. The van der Waals surface area contributed by atoms with Crippen LogP contribution in [0.15, 0.2) is 0 Å². The Morgan fingerprint density at radius 1 is 0.615 bits per heavy atom. The predicted octanol–water partition coefficient (Wildman–Crippen LogP) is 0.531. The van der Waals surface area contributed by atoms with Crippen molar-refractivity contribution in [1.82, 2.24) is 0 Å². The summed E-state index contributed by atoms with van der Waals surface area (Å²) in [6.45, 7) is 18.0. The van der Waals surface area contributed by atoms with Gasteiger partial charge >= 0.3 is 8.85 Å². The monoisotopic (exact) mass is 256 g/mol. The minimum absolute atomic E-state index is 0. The molecule has 0 heterocycles. The van der Waals surface area contributed by atoms with E-state index in [0.717, 1.165) is 0 Å². The average molecular weight is 256 g/mol. The Morgan fingerprint density at radius 2 is 0.615 bits per heavy atom. The van der Waals surface area contributed by atoms with Gasteiger partial charge in [0.2, 0.25) is 0 Å². The van der Waals surface area contributed by atoms with Crippen LogP contribution in [-0.2, 0) is 36.2 Å². The summed E-state index contributed by atoms with van der Waals surface area (Å²) in [4.78, 5) is 30.0. The molecule has 0 spiro atoms. The Labute approximate surface area is 85.5 Å². The van der Waals surface area contributed by atoms with Crippen LogP contribution in [0.2, 0.25) is 0 Å².